The zero-order valence-electron chi connectivity index (χ0n) is 19.9. The van der Waals surface area contributed by atoms with Crippen LogP contribution in [0.3, 0.4) is 0 Å². The molecule has 0 fully saturated rings. The maximum Gasteiger partial charge on any atom is 0.264 e. The normalized spacial score (nSPS) is 11.6. The van der Waals surface area contributed by atoms with Gasteiger partial charge in [0.2, 0.25) is 0 Å². The number of anilines is 1. The lowest BCUT2D eigenvalue weighted by molar-refractivity contribution is -0.119. The Hall–Kier alpha value is -3.66. The number of rotatable bonds is 8. The molecule has 0 aliphatic heterocycles. The minimum Gasteiger partial charge on any atom is -0.497 e. The molecule has 0 saturated carbocycles. The van der Waals surface area contributed by atoms with E-state index in [2.05, 4.69) is 15.5 Å². The van der Waals surface area contributed by atoms with Crippen molar-refractivity contribution >= 4 is 61.9 Å². The number of ether oxygens (including phenoxy) is 1. The fourth-order valence-corrected chi connectivity index (χ4v) is 5.45. The van der Waals surface area contributed by atoms with Gasteiger partial charge >= 0.3 is 0 Å². The molecule has 0 aliphatic carbocycles. The molecular weight excluding hydrogens is 535 g/mol. The Morgan fingerprint density at radius 1 is 1.08 bits per heavy atom. The third kappa shape index (κ3) is 5.85. The first-order valence-electron chi connectivity index (χ1n) is 11.0. The van der Waals surface area contributed by atoms with Gasteiger partial charge in [0, 0.05) is 22.0 Å². The van der Waals surface area contributed by atoms with Gasteiger partial charge in [0.05, 0.1) is 29.4 Å². The van der Waals surface area contributed by atoms with Crippen molar-refractivity contribution < 1.29 is 17.9 Å². The molecule has 1 amide bonds. The second kappa shape index (κ2) is 11.2. The summed E-state index contributed by atoms with van der Waals surface area (Å²) in [6, 6.07) is 19.8. The van der Waals surface area contributed by atoms with Crippen molar-refractivity contribution in [1.29, 1.82) is 0 Å². The topological polar surface area (TPSA) is 101 Å². The summed E-state index contributed by atoms with van der Waals surface area (Å²) in [6.45, 7) is 1.16. The number of benzene rings is 3. The molecule has 0 spiro atoms. The van der Waals surface area contributed by atoms with E-state index in [0.29, 0.717) is 27.4 Å². The van der Waals surface area contributed by atoms with Crippen LogP contribution in [-0.4, -0.2) is 39.2 Å². The van der Waals surface area contributed by atoms with Gasteiger partial charge in [-0.3, -0.25) is 9.10 Å². The third-order valence-electron chi connectivity index (χ3n) is 5.52. The fraction of sp³-hybridized carbons (Fsp3) is 0.115. The minimum atomic E-state index is -4.08. The molecule has 11 heteroatoms. The maximum absolute atomic E-state index is 13.5. The number of hydrogen-bond donors (Lipinski definition) is 1. The van der Waals surface area contributed by atoms with Crippen LogP contribution in [0.2, 0.25) is 10.2 Å². The number of nitrogens with zero attached hydrogens (tertiary/aromatic N) is 3. The first kappa shape index (κ1) is 26.4. The van der Waals surface area contributed by atoms with Gasteiger partial charge in [-0.15, -0.1) is 0 Å². The Morgan fingerprint density at radius 2 is 1.84 bits per heavy atom. The molecule has 0 radical (unpaired) electrons. The quantitative estimate of drug-likeness (QED) is 0.182. The van der Waals surface area contributed by atoms with E-state index in [9.17, 15) is 13.2 Å². The number of carbonyl (C=O) groups excluding carboxylic acids is 1. The summed E-state index contributed by atoms with van der Waals surface area (Å²) in [7, 11) is -2.52. The largest absolute Gasteiger partial charge is 0.497 e. The number of fused-ring (bicyclic) bond motifs is 1. The molecule has 190 valence electrons. The molecule has 3 aromatic carbocycles. The zero-order valence-corrected chi connectivity index (χ0v) is 22.2. The van der Waals surface area contributed by atoms with Gasteiger partial charge in [-0.2, -0.15) is 5.10 Å². The van der Waals surface area contributed by atoms with Crippen LogP contribution in [0.5, 0.6) is 5.75 Å². The molecule has 0 saturated heterocycles. The Bertz CT molecular complexity index is 1600. The molecule has 0 unspecified atom stereocenters. The number of hydrogen-bond acceptors (Lipinski definition) is 6. The van der Waals surface area contributed by atoms with Gasteiger partial charge in [0.15, 0.2) is 0 Å². The number of aromatic nitrogens is 1. The van der Waals surface area contributed by atoms with E-state index >= 15 is 0 Å². The van der Waals surface area contributed by atoms with E-state index in [1.807, 2.05) is 6.07 Å². The van der Waals surface area contributed by atoms with Crippen molar-refractivity contribution in [2.45, 2.75) is 11.8 Å². The first-order chi connectivity index (χ1) is 17.7. The van der Waals surface area contributed by atoms with Gasteiger partial charge < -0.3 is 4.74 Å². The van der Waals surface area contributed by atoms with E-state index in [-0.39, 0.29) is 15.7 Å². The van der Waals surface area contributed by atoms with Crippen LogP contribution in [0, 0.1) is 6.92 Å². The average molecular weight is 557 g/mol. The lowest BCUT2D eigenvalue weighted by Gasteiger charge is -2.25. The highest BCUT2D eigenvalue weighted by molar-refractivity contribution is 7.92. The summed E-state index contributed by atoms with van der Waals surface area (Å²) >= 11 is 12.5. The summed E-state index contributed by atoms with van der Waals surface area (Å²) in [6.07, 6.45) is 1.34. The van der Waals surface area contributed by atoms with Crippen LogP contribution in [0.15, 0.2) is 82.8 Å². The molecule has 1 aromatic heterocycles. The van der Waals surface area contributed by atoms with E-state index in [4.69, 9.17) is 27.9 Å². The van der Waals surface area contributed by atoms with Gasteiger partial charge in [0.25, 0.3) is 15.9 Å². The van der Waals surface area contributed by atoms with E-state index in [0.717, 1.165) is 9.69 Å². The van der Waals surface area contributed by atoms with Crippen molar-refractivity contribution in [1.82, 2.24) is 10.4 Å². The number of sulfonamides is 1. The maximum atomic E-state index is 13.5. The minimum absolute atomic E-state index is 0.0383. The van der Waals surface area contributed by atoms with Crippen LogP contribution in [-0.2, 0) is 14.8 Å². The van der Waals surface area contributed by atoms with Gasteiger partial charge in [-0.05, 0) is 55.0 Å². The fourth-order valence-electron chi connectivity index (χ4n) is 3.58. The Kier molecular flexibility index (Phi) is 7.97. The number of amides is 1. The third-order valence-corrected chi connectivity index (χ3v) is 8.01. The number of pyridine rings is 1. The van der Waals surface area contributed by atoms with E-state index < -0.39 is 22.5 Å². The van der Waals surface area contributed by atoms with Crippen LogP contribution in [0.4, 0.5) is 5.69 Å². The molecule has 0 aliphatic rings. The van der Waals surface area contributed by atoms with Crippen molar-refractivity contribution in [2.24, 2.45) is 5.10 Å². The molecular formula is C26H22Cl2N4O4S. The number of methoxy groups -OCH3 is 1. The van der Waals surface area contributed by atoms with Gasteiger partial charge in [-0.25, -0.2) is 18.8 Å². The zero-order chi connectivity index (χ0) is 26.6. The lowest BCUT2D eigenvalue weighted by atomic mass is 10.1. The van der Waals surface area contributed by atoms with Crippen molar-refractivity contribution in [3.8, 4) is 5.75 Å². The Morgan fingerprint density at radius 3 is 2.57 bits per heavy atom. The molecule has 0 atom stereocenters. The molecule has 1 N–H and O–H groups in total. The lowest BCUT2D eigenvalue weighted by Crippen LogP contribution is -2.40. The summed E-state index contributed by atoms with van der Waals surface area (Å²) in [5.74, 6) is -0.0144. The molecule has 4 rings (SSSR count). The molecule has 4 aromatic rings. The summed E-state index contributed by atoms with van der Waals surface area (Å²) in [4.78, 5) is 17.2. The molecule has 1 heterocycles. The van der Waals surface area contributed by atoms with Crippen molar-refractivity contribution in [3.63, 3.8) is 0 Å². The monoisotopic (exact) mass is 556 g/mol. The predicted octanol–water partition coefficient (Wildman–Crippen LogP) is 5.20. The number of hydrazone groups is 1. The molecule has 0 bridgehead atoms. The van der Waals surface area contributed by atoms with E-state index in [1.54, 1.807) is 68.6 Å². The number of carbonyl (C=O) groups is 1. The van der Waals surface area contributed by atoms with E-state index in [1.165, 1.54) is 18.3 Å². The SMILES string of the molecule is COc1ccc2cc(/C=N\NC(=O)CN(c3cccc(Cl)c3C)S(=O)(=O)c3ccccc3)c(Cl)nc2c1. The highest BCUT2D eigenvalue weighted by atomic mass is 35.5. The van der Waals surface area contributed by atoms with Crippen molar-refractivity contribution in [3.05, 3.63) is 94.1 Å². The highest BCUT2D eigenvalue weighted by Crippen LogP contribution is 2.30. The summed E-state index contributed by atoms with van der Waals surface area (Å²) in [5.41, 5.74) is 4.29. The van der Waals surface area contributed by atoms with Crippen LogP contribution in [0.25, 0.3) is 10.9 Å². The van der Waals surface area contributed by atoms with Gasteiger partial charge in [-0.1, -0.05) is 47.5 Å². The van der Waals surface area contributed by atoms with Crippen LogP contribution < -0.4 is 14.5 Å². The molecule has 37 heavy (non-hydrogen) atoms. The Balaban J connectivity index is 1.58. The van der Waals surface area contributed by atoms with Crippen molar-refractivity contribution in [2.75, 3.05) is 18.0 Å². The standard InChI is InChI=1S/C26H22Cl2N4O4S/c1-17-22(27)9-6-10-24(17)32(37(34,35)21-7-4-3-5-8-21)16-25(33)31-29-15-19-13-18-11-12-20(36-2)14-23(18)30-26(19)28/h3-15H,16H2,1-2H3,(H,31,33)/b29-15-. The van der Waals surface area contributed by atoms with Gasteiger partial charge in [0.1, 0.15) is 17.4 Å². The smallest absolute Gasteiger partial charge is 0.264 e. The predicted molar refractivity (Wildman–Crippen MR) is 146 cm³/mol. The van der Waals surface area contributed by atoms with Crippen LogP contribution in [0.1, 0.15) is 11.1 Å². The number of nitrogens with one attached hydrogen (secondary N) is 1. The second-order valence-corrected chi connectivity index (χ2v) is 10.6. The second-order valence-electron chi connectivity index (χ2n) is 7.93. The molecule has 8 nitrogen and oxygen atoms in total. The summed E-state index contributed by atoms with van der Waals surface area (Å²) < 4.78 is 33.2. The average Bonchev–Trinajstić information content (AvgIpc) is 2.89. The highest BCUT2D eigenvalue weighted by Gasteiger charge is 2.28. The first-order valence-corrected chi connectivity index (χ1v) is 13.2. The Labute approximate surface area is 224 Å². The number of halogens is 2. The summed E-state index contributed by atoms with van der Waals surface area (Å²) in [5, 5.41) is 5.32. The van der Waals surface area contributed by atoms with Crippen LogP contribution >= 0.6 is 23.2 Å².